The molecule has 90 heavy (non-hydrogen) atoms. The van der Waals surface area contributed by atoms with E-state index in [4.69, 9.17) is 0 Å². The lowest BCUT2D eigenvalue weighted by Gasteiger charge is -2.28. The molecule has 14 rings (SSSR count). The molecular formula is C84H68N2S4. The summed E-state index contributed by atoms with van der Waals surface area (Å²) in [5, 5.41) is 0. The molecule has 438 valence electrons. The van der Waals surface area contributed by atoms with Gasteiger partial charge in [-0.3, -0.25) is 0 Å². The van der Waals surface area contributed by atoms with Gasteiger partial charge in [-0.15, -0.1) is 45.3 Å². The molecule has 0 aliphatic carbocycles. The van der Waals surface area contributed by atoms with Crippen molar-refractivity contribution < 1.29 is 0 Å². The van der Waals surface area contributed by atoms with Crippen LogP contribution in [-0.2, 0) is 0 Å². The standard InChI is InChI=1S/C84H68N2S4/c1-53-45-69(37-41-73(53)81-57(5)49-77(87-81)63-21-13-9-14-22-63)85(70-38-42-74(54(2)46-70)82-58(6)50-78(88-82)64-23-15-10-16-24-64)67-33-29-61(30-34-67)62-31-35-68(36-32-62)86(71-39-43-75(55(3)47-71)83-59(7)51-79(89-83)65-25-17-11-18-26-65)72-40-44-76(56(4)48-72)84-60(8)52-80(90-84)66-27-19-12-20-28-66/h9-52H,1-8H3. The third-order valence-corrected chi connectivity index (χ3v) is 22.6. The molecule has 4 aromatic heterocycles. The Morgan fingerprint density at radius 3 is 0.611 bits per heavy atom. The molecule has 0 radical (unpaired) electrons. The zero-order valence-electron chi connectivity index (χ0n) is 51.9. The Hall–Kier alpha value is -9.40. The number of benzene rings is 10. The van der Waals surface area contributed by atoms with Crippen LogP contribution < -0.4 is 9.80 Å². The zero-order chi connectivity index (χ0) is 61.6. The molecule has 0 atom stereocenters. The van der Waals surface area contributed by atoms with E-state index in [1.807, 2.05) is 45.3 Å². The van der Waals surface area contributed by atoms with E-state index in [-0.39, 0.29) is 0 Å². The van der Waals surface area contributed by atoms with Crippen LogP contribution in [-0.4, -0.2) is 0 Å². The Morgan fingerprint density at radius 1 is 0.189 bits per heavy atom. The minimum absolute atomic E-state index is 1.10. The van der Waals surface area contributed by atoms with Gasteiger partial charge in [-0.2, -0.15) is 0 Å². The highest BCUT2D eigenvalue weighted by Gasteiger charge is 2.22. The van der Waals surface area contributed by atoms with E-state index in [1.54, 1.807) is 0 Å². The maximum Gasteiger partial charge on any atom is 0.0464 e. The summed E-state index contributed by atoms with van der Waals surface area (Å²) < 4.78 is 0. The van der Waals surface area contributed by atoms with Crippen LogP contribution in [0.25, 0.3) is 94.7 Å². The molecule has 2 nitrogen and oxygen atoms in total. The van der Waals surface area contributed by atoms with Crippen molar-refractivity contribution in [2.24, 2.45) is 0 Å². The average Bonchev–Trinajstić information content (AvgIpc) is 1.40. The van der Waals surface area contributed by atoms with Gasteiger partial charge in [0.2, 0.25) is 0 Å². The molecule has 0 bridgehead atoms. The van der Waals surface area contributed by atoms with Crippen LogP contribution in [0.2, 0.25) is 0 Å². The first-order valence-electron chi connectivity index (χ1n) is 30.8. The Balaban J connectivity index is 0.810. The first-order chi connectivity index (χ1) is 43.9. The third-order valence-electron chi connectivity index (χ3n) is 17.3. The molecule has 0 spiro atoms. The van der Waals surface area contributed by atoms with Crippen LogP contribution >= 0.6 is 45.3 Å². The number of rotatable bonds is 15. The first-order valence-corrected chi connectivity index (χ1v) is 34.0. The summed E-state index contributed by atoms with van der Waals surface area (Å²) in [6, 6.07) is 98.6. The SMILES string of the molecule is Cc1cc(N(c2ccc(-c3ccc(N(c4ccc(-c5sc(-c6ccccc6)cc5C)c(C)c4)c4ccc(-c5sc(-c6ccccc6)cc5C)c(C)c4)cc3)cc2)c2ccc(-c3sc(-c4ccccc4)cc3C)c(C)c2)ccc1-c1sc(-c2ccccc2)cc1C. The second kappa shape index (κ2) is 24.9. The highest BCUT2D eigenvalue weighted by molar-refractivity contribution is 7.20. The molecule has 0 saturated carbocycles. The fraction of sp³-hybridized carbons (Fsp3) is 0.0952. The molecule has 0 amide bonds. The second-order valence-corrected chi connectivity index (χ2v) is 27.9. The number of hydrogen-bond donors (Lipinski definition) is 0. The van der Waals surface area contributed by atoms with Crippen LogP contribution in [0.3, 0.4) is 0 Å². The van der Waals surface area contributed by atoms with Gasteiger partial charge in [-0.25, -0.2) is 0 Å². The Bertz CT molecular complexity index is 4310. The summed E-state index contributed by atoms with van der Waals surface area (Å²) in [5.74, 6) is 0. The van der Waals surface area contributed by atoms with Gasteiger partial charge in [0.1, 0.15) is 0 Å². The Labute approximate surface area is 546 Å². The van der Waals surface area contributed by atoms with Crippen LogP contribution in [0.4, 0.5) is 34.1 Å². The number of nitrogens with zero attached hydrogens (tertiary/aromatic N) is 2. The van der Waals surface area contributed by atoms with Crippen molar-refractivity contribution in [1.82, 2.24) is 0 Å². The predicted molar refractivity (Wildman–Crippen MR) is 394 cm³/mol. The molecule has 14 aromatic rings. The van der Waals surface area contributed by atoms with Crippen LogP contribution in [0, 0.1) is 55.4 Å². The van der Waals surface area contributed by atoms with E-state index in [2.05, 4.69) is 332 Å². The third kappa shape index (κ3) is 11.5. The largest absolute Gasteiger partial charge is 0.310 e. The zero-order valence-corrected chi connectivity index (χ0v) is 55.2. The van der Waals surface area contributed by atoms with Gasteiger partial charge in [0.25, 0.3) is 0 Å². The number of anilines is 6. The van der Waals surface area contributed by atoms with Crippen molar-refractivity contribution in [1.29, 1.82) is 0 Å². The summed E-state index contributed by atoms with van der Waals surface area (Å²) in [6.07, 6.45) is 0. The van der Waals surface area contributed by atoms with Crippen molar-refractivity contribution in [3.63, 3.8) is 0 Å². The average molecular weight is 1230 g/mol. The smallest absolute Gasteiger partial charge is 0.0464 e. The lowest BCUT2D eigenvalue weighted by Crippen LogP contribution is -2.11. The second-order valence-electron chi connectivity index (χ2n) is 23.7. The van der Waals surface area contributed by atoms with Crippen LogP contribution in [0.5, 0.6) is 0 Å². The van der Waals surface area contributed by atoms with Gasteiger partial charge >= 0.3 is 0 Å². The number of aryl methyl sites for hydroxylation is 8. The topological polar surface area (TPSA) is 6.48 Å². The fourth-order valence-electron chi connectivity index (χ4n) is 12.6. The van der Waals surface area contributed by atoms with Crippen LogP contribution in [0.15, 0.2) is 267 Å². The minimum atomic E-state index is 1.10. The molecular weight excluding hydrogens is 1170 g/mol. The number of hydrogen-bond acceptors (Lipinski definition) is 6. The van der Waals surface area contributed by atoms with Crippen molar-refractivity contribution in [2.45, 2.75) is 55.4 Å². The van der Waals surface area contributed by atoms with Crippen molar-refractivity contribution in [2.75, 3.05) is 9.80 Å². The molecule has 0 N–H and O–H groups in total. The van der Waals surface area contributed by atoms with E-state index in [0.29, 0.717) is 0 Å². The van der Waals surface area contributed by atoms with Gasteiger partial charge in [0.15, 0.2) is 0 Å². The van der Waals surface area contributed by atoms with Crippen LogP contribution in [0.1, 0.15) is 44.5 Å². The summed E-state index contributed by atoms with van der Waals surface area (Å²) in [7, 11) is 0. The quantitative estimate of drug-likeness (QED) is 0.101. The van der Waals surface area contributed by atoms with E-state index >= 15 is 0 Å². The van der Waals surface area contributed by atoms with Gasteiger partial charge in [0, 0.05) is 73.1 Å². The molecule has 10 aromatic carbocycles. The molecule has 6 heteroatoms. The molecule has 0 unspecified atom stereocenters. The molecule has 4 heterocycles. The van der Waals surface area contributed by atoms with E-state index in [1.165, 1.54) is 128 Å². The van der Waals surface area contributed by atoms with Gasteiger partial charge in [-0.05, 0) is 253 Å². The summed E-state index contributed by atoms with van der Waals surface area (Å²) >= 11 is 7.50. The Morgan fingerprint density at radius 2 is 0.400 bits per heavy atom. The maximum atomic E-state index is 2.43. The maximum absolute atomic E-state index is 2.43. The minimum Gasteiger partial charge on any atom is -0.310 e. The monoisotopic (exact) mass is 1230 g/mol. The van der Waals surface area contributed by atoms with E-state index in [0.717, 1.165) is 45.3 Å². The molecule has 0 aliphatic heterocycles. The lowest BCUT2D eigenvalue weighted by atomic mass is 10.00. The van der Waals surface area contributed by atoms with Crippen molar-refractivity contribution >= 4 is 79.5 Å². The van der Waals surface area contributed by atoms with Gasteiger partial charge < -0.3 is 9.80 Å². The van der Waals surface area contributed by atoms with Crippen molar-refractivity contribution in [3.8, 4) is 94.7 Å². The molecule has 0 fully saturated rings. The molecule has 0 aliphatic rings. The lowest BCUT2D eigenvalue weighted by molar-refractivity contribution is 1.26. The van der Waals surface area contributed by atoms with E-state index < -0.39 is 0 Å². The van der Waals surface area contributed by atoms with E-state index in [9.17, 15) is 0 Å². The Kier molecular flexibility index (Phi) is 16.1. The van der Waals surface area contributed by atoms with Gasteiger partial charge in [0.05, 0.1) is 0 Å². The summed E-state index contributed by atoms with van der Waals surface area (Å²) in [5.41, 5.74) is 29.2. The molecule has 0 saturated heterocycles. The highest BCUT2D eigenvalue weighted by atomic mass is 32.1. The van der Waals surface area contributed by atoms with Gasteiger partial charge in [-0.1, -0.05) is 170 Å². The number of thiophene rings is 4. The first kappa shape index (κ1) is 58.3. The van der Waals surface area contributed by atoms with Crippen molar-refractivity contribution in [3.05, 3.63) is 311 Å². The summed E-state index contributed by atoms with van der Waals surface area (Å²) in [6.45, 7) is 18.0. The highest BCUT2D eigenvalue weighted by Crippen LogP contribution is 2.48. The fourth-order valence-corrected chi connectivity index (χ4v) is 17.7. The summed E-state index contributed by atoms with van der Waals surface area (Å²) in [4.78, 5) is 15.3. The predicted octanol–water partition coefficient (Wildman–Crippen LogP) is 26.3. The normalized spacial score (nSPS) is 11.3.